The van der Waals surface area contributed by atoms with Gasteiger partial charge in [0.1, 0.15) is 5.76 Å². The highest BCUT2D eigenvalue weighted by Crippen LogP contribution is 2.42. The van der Waals surface area contributed by atoms with Gasteiger partial charge in [0, 0.05) is 26.6 Å². The molecule has 1 aliphatic rings. The van der Waals surface area contributed by atoms with E-state index >= 15 is 0 Å². The highest BCUT2D eigenvalue weighted by Gasteiger charge is 2.47. The van der Waals surface area contributed by atoms with Crippen LogP contribution in [-0.4, -0.2) is 21.8 Å². The Morgan fingerprint density at radius 2 is 1.79 bits per heavy atom. The van der Waals surface area contributed by atoms with Crippen molar-refractivity contribution in [3.8, 4) is 0 Å². The Morgan fingerprint density at radius 3 is 2.39 bits per heavy atom. The number of aromatic nitrogens is 1. The predicted molar refractivity (Wildman–Crippen MR) is 112 cm³/mol. The predicted octanol–water partition coefficient (Wildman–Crippen LogP) is 5.19. The number of carbonyl (C=O) groups is 2. The molecule has 4 rings (SSSR count). The van der Waals surface area contributed by atoms with Crippen molar-refractivity contribution >= 4 is 61.4 Å². The second-order valence-electron chi connectivity index (χ2n) is 6.04. The molecule has 0 radical (unpaired) electrons. The molecule has 140 valence electrons. The lowest BCUT2D eigenvalue weighted by Gasteiger charge is -2.23. The minimum absolute atomic E-state index is 0.0184. The number of nitrogens with zero attached hydrogens (tertiary/aromatic N) is 2. The molecule has 2 aromatic carbocycles. The van der Waals surface area contributed by atoms with Gasteiger partial charge in [0.25, 0.3) is 5.78 Å². The quantitative estimate of drug-likeness (QED) is 0.322. The van der Waals surface area contributed by atoms with Crippen LogP contribution < -0.4 is 4.90 Å². The van der Waals surface area contributed by atoms with Gasteiger partial charge in [0.05, 0.1) is 11.6 Å². The lowest BCUT2D eigenvalue weighted by molar-refractivity contribution is -0.132. The SMILES string of the molecule is O=C1C(=O)N(c2nccs2)[C@H](c2ccc(Cl)cc2)C1=C(O)c1ccc(Br)cc1. The Kier molecular flexibility index (Phi) is 5.05. The zero-order valence-electron chi connectivity index (χ0n) is 14.2. The zero-order valence-corrected chi connectivity index (χ0v) is 17.3. The molecule has 1 aliphatic heterocycles. The summed E-state index contributed by atoms with van der Waals surface area (Å²) in [5.74, 6) is -1.71. The average Bonchev–Trinajstić information content (AvgIpc) is 3.30. The molecule has 2 heterocycles. The average molecular weight is 476 g/mol. The van der Waals surface area contributed by atoms with Crippen LogP contribution in [0.3, 0.4) is 0 Å². The number of aliphatic hydroxyl groups is 1. The molecule has 0 aliphatic carbocycles. The number of hydrogen-bond donors (Lipinski definition) is 1. The third-order valence-corrected chi connectivity index (χ3v) is 5.92. The molecule has 1 fully saturated rings. The highest BCUT2D eigenvalue weighted by molar-refractivity contribution is 9.10. The molecular weight excluding hydrogens is 464 g/mol. The third kappa shape index (κ3) is 3.26. The number of thiazole rings is 1. The van der Waals surface area contributed by atoms with E-state index in [1.54, 1.807) is 60.1 Å². The number of amides is 1. The second-order valence-corrected chi connectivity index (χ2v) is 8.27. The van der Waals surface area contributed by atoms with Gasteiger partial charge in [0.2, 0.25) is 0 Å². The molecule has 0 saturated carbocycles. The topological polar surface area (TPSA) is 70.5 Å². The Balaban J connectivity index is 1.93. The Bertz CT molecular complexity index is 1080. The van der Waals surface area contributed by atoms with Gasteiger partial charge in [-0.25, -0.2) is 4.98 Å². The van der Waals surface area contributed by atoms with Crippen molar-refractivity contribution in [3.63, 3.8) is 0 Å². The van der Waals surface area contributed by atoms with E-state index < -0.39 is 17.7 Å². The van der Waals surface area contributed by atoms with Crippen molar-refractivity contribution < 1.29 is 14.7 Å². The van der Waals surface area contributed by atoms with E-state index in [4.69, 9.17) is 11.6 Å². The molecule has 0 bridgehead atoms. The van der Waals surface area contributed by atoms with Crippen LogP contribution in [0.15, 0.2) is 70.2 Å². The summed E-state index contributed by atoms with van der Waals surface area (Å²) in [6.07, 6.45) is 1.56. The van der Waals surface area contributed by atoms with Crippen LogP contribution in [0.2, 0.25) is 5.02 Å². The number of Topliss-reactive ketones (excluding diaryl/α,β-unsaturated/α-hetero) is 1. The summed E-state index contributed by atoms with van der Waals surface area (Å²) < 4.78 is 0.835. The van der Waals surface area contributed by atoms with E-state index in [0.717, 1.165) is 4.47 Å². The summed E-state index contributed by atoms with van der Waals surface area (Å²) in [5.41, 5.74) is 1.11. The van der Waals surface area contributed by atoms with E-state index in [1.165, 1.54) is 16.2 Å². The van der Waals surface area contributed by atoms with Crippen molar-refractivity contribution in [2.75, 3.05) is 4.90 Å². The van der Waals surface area contributed by atoms with Crippen molar-refractivity contribution in [2.24, 2.45) is 0 Å². The van der Waals surface area contributed by atoms with Gasteiger partial charge in [-0.05, 0) is 29.8 Å². The van der Waals surface area contributed by atoms with Gasteiger partial charge in [-0.2, -0.15) is 0 Å². The van der Waals surface area contributed by atoms with Crippen LogP contribution in [0.25, 0.3) is 5.76 Å². The number of rotatable bonds is 3. The largest absolute Gasteiger partial charge is 0.507 e. The monoisotopic (exact) mass is 474 g/mol. The molecule has 28 heavy (non-hydrogen) atoms. The number of anilines is 1. The van der Waals surface area contributed by atoms with Gasteiger partial charge in [-0.1, -0.05) is 51.8 Å². The fourth-order valence-corrected chi connectivity index (χ4v) is 4.15. The van der Waals surface area contributed by atoms with Crippen molar-refractivity contribution in [1.82, 2.24) is 4.98 Å². The lowest BCUT2D eigenvalue weighted by Crippen LogP contribution is -2.29. The van der Waals surface area contributed by atoms with Gasteiger partial charge < -0.3 is 5.11 Å². The first-order valence-electron chi connectivity index (χ1n) is 8.19. The van der Waals surface area contributed by atoms with Gasteiger partial charge in [-0.15, -0.1) is 11.3 Å². The molecule has 1 N–H and O–H groups in total. The molecular formula is C20H12BrClN2O3S. The van der Waals surface area contributed by atoms with Gasteiger partial charge in [-0.3, -0.25) is 14.5 Å². The van der Waals surface area contributed by atoms with Gasteiger partial charge >= 0.3 is 5.91 Å². The first kappa shape index (κ1) is 18.9. The molecule has 0 unspecified atom stereocenters. The number of halogens is 2. The normalized spacial score (nSPS) is 18.6. The molecule has 1 saturated heterocycles. The highest BCUT2D eigenvalue weighted by atomic mass is 79.9. The third-order valence-electron chi connectivity index (χ3n) is 4.37. The maximum Gasteiger partial charge on any atom is 0.301 e. The van der Waals surface area contributed by atoms with E-state index in [0.29, 0.717) is 21.3 Å². The van der Waals surface area contributed by atoms with Crippen molar-refractivity contribution in [3.05, 3.63) is 86.3 Å². The van der Waals surface area contributed by atoms with Crippen molar-refractivity contribution in [2.45, 2.75) is 6.04 Å². The Hall–Kier alpha value is -2.48. The minimum atomic E-state index is -0.799. The molecule has 3 aromatic rings. The summed E-state index contributed by atoms with van der Waals surface area (Å²) >= 11 is 10.6. The number of benzene rings is 2. The van der Waals surface area contributed by atoms with Crippen molar-refractivity contribution in [1.29, 1.82) is 0 Å². The number of ketones is 1. The van der Waals surface area contributed by atoms with Crippen LogP contribution >= 0.6 is 38.9 Å². The van der Waals surface area contributed by atoms with Crippen LogP contribution in [-0.2, 0) is 9.59 Å². The maximum atomic E-state index is 12.9. The number of aliphatic hydroxyl groups excluding tert-OH is 1. The number of hydrogen-bond acceptors (Lipinski definition) is 5. The minimum Gasteiger partial charge on any atom is -0.507 e. The fraction of sp³-hybridized carbons (Fsp3) is 0.0500. The van der Waals surface area contributed by atoms with Gasteiger partial charge in [0.15, 0.2) is 5.13 Å². The Labute approximate surface area is 178 Å². The summed E-state index contributed by atoms with van der Waals surface area (Å²) in [4.78, 5) is 31.2. The standard InChI is InChI=1S/C20H12BrClN2O3S/c21-13-5-1-12(2-6-13)17(25)15-16(11-3-7-14(22)8-4-11)24(19(27)18(15)26)20-23-9-10-28-20/h1-10,16,25H/t16-/m1/s1. The molecule has 8 heteroatoms. The summed E-state index contributed by atoms with van der Waals surface area (Å²) in [6, 6.07) is 12.9. The summed E-state index contributed by atoms with van der Waals surface area (Å²) in [6.45, 7) is 0. The molecule has 5 nitrogen and oxygen atoms in total. The molecule has 1 atom stereocenters. The molecule has 1 aromatic heterocycles. The van der Waals surface area contributed by atoms with E-state index in [1.807, 2.05) is 0 Å². The van der Waals surface area contributed by atoms with Crippen LogP contribution in [0, 0.1) is 0 Å². The van der Waals surface area contributed by atoms with E-state index in [-0.39, 0.29) is 11.3 Å². The first-order valence-corrected chi connectivity index (χ1v) is 10.2. The van der Waals surface area contributed by atoms with E-state index in [2.05, 4.69) is 20.9 Å². The van der Waals surface area contributed by atoms with Crippen LogP contribution in [0.5, 0.6) is 0 Å². The second kappa shape index (κ2) is 7.50. The molecule has 1 amide bonds. The lowest BCUT2D eigenvalue weighted by atomic mass is 9.95. The summed E-state index contributed by atoms with van der Waals surface area (Å²) in [7, 11) is 0. The summed E-state index contributed by atoms with van der Waals surface area (Å²) in [5, 5.41) is 13.6. The van der Waals surface area contributed by atoms with Crippen LogP contribution in [0.1, 0.15) is 17.2 Å². The molecule has 0 spiro atoms. The fourth-order valence-electron chi connectivity index (χ4n) is 3.09. The smallest absolute Gasteiger partial charge is 0.301 e. The van der Waals surface area contributed by atoms with E-state index in [9.17, 15) is 14.7 Å². The Morgan fingerprint density at radius 1 is 1.11 bits per heavy atom. The number of carbonyl (C=O) groups excluding carboxylic acids is 2. The zero-order chi connectivity index (χ0) is 19.8. The van der Waals surface area contributed by atoms with Crippen LogP contribution in [0.4, 0.5) is 5.13 Å². The maximum absolute atomic E-state index is 12.9. The first-order chi connectivity index (χ1) is 13.5.